The third kappa shape index (κ3) is 18.3. The maximum absolute atomic E-state index is 6.76. The number of thiophene rings is 2. The number of unbranched alkanes of at least 4 members (excludes halogenated alkanes) is 20. The van der Waals surface area contributed by atoms with E-state index >= 15 is 0 Å². The Bertz CT molecular complexity index is 1130. The van der Waals surface area contributed by atoms with Gasteiger partial charge >= 0.3 is 0 Å². The van der Waals surface area contributed by atoms with E-state index < -0.39 is 0 Å². The normalized spacial score (nSPS) is 13.7. The molecule has 0 bridgehead atoms. The maximum atomic E-state index is 6.76. The molecule has 2 aromatic heterocycles. The summed E-state index contributed by atoms with van der Waals surface area (Å²) in [5.41, 5.74) is -0.365. The van der Waals surface area contributed by atoms with Crippen molar-refractivity contribution in [2.45, 2.75) is 182 Å². The van der Waals surface area contributed by atoms with Gasteiger partial charge < -0.3 is 28.4 Å². The third-order valence-electron chi connectivity index (χ3n) is 10.3. The molecule has 0 unspecified atom stereocenters. The van der Waals surface area contributed by atoms with Gasteiger partial charge in [0.25, 0.3) is 0 Å². The first-order chi connectivity index (χ1) is 26.2. The highest BCUT2D eigenvalue weighted by molar-refractivity contribution is 7.21. The second-order valence-corrected chi connectivity index (χ2v) is 17.2. The van der Waals surface area contributed by atoms with Gasteiger partial charge in [-0.05, 0) is 25.7 Å². The minimum Gasteiger partial charge on any atom is -0.489 e. The molecule has 0 spiro atoms. The fourth-order valence-corrected chi connectivity index (χ4v) is 8.84. The molecular formula is C45H78O6S2. The van der Waals surface area contributed by atoms with Gasteiger partial charge in [-0.1, -0.05) is 156 Å². The number of fused-ring (bicyclic) bond motifs is 1. The number of hydrogen-bond acceptors (Lipinski definition) is 8. The molecule has 2 aromatic rings. The molecule has 0 amide bonds. The molecule has 0 aromatic carbocycles. The molecule has 3 rings (SSSR count). The van der Waals surface area contributed by atoms with E-state index in [1.54, 1.807) is 22.7 Å². The SMILES string of the molecule is CCCCCCCCOCC1(COCCCCCCCC)COc2csc(-c3scc(OCCCCCCCC)c3OCCCCCCCC)c2OC1. The van der Waals surface area contributed by atoms with Gasteiger partial charge in [-0.15, -0.1) is 22.7 Å². The first-order valence-electron chi connectivity index (χ1n) is 22.1. The molecule has 306 valence electrons. The van der Waals surface area contributed by atoms with Crippen LogP contribution >= 0.6 is 22.7 Å². The van der Waals surface area contributed by atoms with E-state index in [1.165, 1.54) is 128 Å². The van der Waals surface area contributed by atoms with Gasteiger partial charge in [0.2, 0.25) is 0 Å². The quantitative estimate of drug-likeness (QED) is 0.0650. The molecule has 0 aliphatic carbocycles. The summed E-state index contributed by atoms with van der Waals surface area (Å²) in [6.07, 6.45) is 30.0. The molecule has 0 atom stereocenters. The Hall–Kier alpha value is -1.48. The molecular weight excluding hydrogens is 701 g/mol. The van der Waals surface area contributed by atoms with Crippen molar-refractivity contribution < 1.29 is 28.4 Å². The lowest BCUT2D eigenvalue weighted by atomic mass is 9.92. The van der Waals surface area contributed by atoms with E-state index in [4.69, 9.17) is 28.4 Å². The van der Waals surface area contributed by atoms with Crippen LogP contribution in [0.5, 0.6) is 23.0 Å². The van der Waals surface area contributed by atoms with E-state index in [-0.39, 0.29) is 5.41 Å². The monoisotopic (exact) mass is 779 g/mol. The average molecular weight is 779 g/mol. The van der Waals surface area contributed by atoms with Crippen LogP contribution in [0.2, 0.25) is 0 Å². The van der Waals surface area contributed by atoms with Crippen molar-refractivity contribution in [1.82, 2.24) is 0 Å². The fourth-order valence-electron chi connectivity index (χ4n) is 6.82. The number of rotatable bonds is 35. The van der Waals surface area contributed by atoms with Crippen LogP contribution in [0.4, 0.5) is 0 Å². The summed E-state index contributed by atoms with van der Waals surface area (Å²) < 4.78 is 39.0. The molecule has 0 saturated heterocycles. The Morgan fingerprint density at radius 2 is 0.925 bits per heavy atom. The van der Waals surface area contributed by atoms with Crippen LogP contribution in [-0.4, -0.2) is 52.9 Å². The molecule has 1 aliphatic rings. The topological polar surface area (TPSA) is 55.4 Å². The molecule has 0 fully saturated rings. The van der Waals surface area contributed by atoms with Gasteiger partial charge in [-0.25, -0.2) is 0 Å². The highest BCUT2D eigenvalue weighted by Crippen LogP contribution is 2.54. The van der Waals surface area contributed by atoms with Crippen LogP contribution in [0.25, 0.3) is 9.75 Å². The molecule has 0 saturated carbocycles. The van der Waals surface area contributed by atoms with Crippen molar-refractivity contribution >= 4 is 22.7 Å². The zero-order valence-corrected chi connectivity index (χ0v) is 36.2. The van der Waals surface area contributed by atoms with Crippen LogP contribution in [0.15, 0.2) is 10.8 Å². The summed E-state index contributed by atoms with van der Waals surface area (Å²) in [4.78, 5) is 2.14. The number of hydrogen-bond donors (Lipinski definition) is 0. The van der Waals surface area contributed by atoms with Crippen LogP contribution < -0.4 is 18.9 Å². The van der Waals surface area contributed by atoms with Gasteiger partial charge in [-0.3, -0.25) is 0 Å². The lowest BCUT2D eigenvalue weighted by molar-refractivity contribution is -0.0605. The molecule has 8 heteroatoms. The van der Waals surface area contributed by atoms with Gasteiger partial charge in [0.05, 0.1) is 41.6 Å². The highest BCUT2D eigenvalue weighted by Gasteiger charge is 2.38. The summed E-state index contributed by atoms with van der Waals surface area (Å²) in [7, 11) is 0. The Kier molecular flexibility index (Phi) is 25.8. The minimum atomic E-state index is -0.365. The summed E-state index contributed by atoms with van der Waals surface area (Å²) in [6, 6.07) is 0. The van der Waals surface area contributed by atoms with Crippen molar-refractivity contribution in [3.05, 3.63) is 10.8 Å². The molecule has 53 heavy (non-hydrogen) atoms. The molecule has 0 N–H and O–H groups in total. The Morgan fingerprint density at radius 3 is 1.45 bits per heavy atom. The molecule has 1 aliphatic heterocycles. The van der Waals surface area contributed by atoms with Crippen molar-refractivity contribution in [2.24, 2.45) is 5.41 Å². The lowest BCUT2D eigenvalue weighted by Crippen LogP contribution is -2.42. The zero-order valence-electron chi connectivity index (χ0n) is 34.5. The highest BCUT2D eigenvalue weighted by atomic mass is 32.1. The van der Waals surface area contributed by atoms with E-state index in [0.717, 1.165) is 78.3 Å². The lowest BCUT2D eigenvalue weighted by Gasteiger charge is -2.30. The molecule has 0 radical (unpaired) electrons. The maximum Gasteiger partial charge on any atom is 0.180 e. The Morgan fingerprint density at radius 1 is 0.491 bits per heavy atom. The second kappa shape index (κ2) is 29.8. The van der Waals surface area contributed by atoms with Crippen molar-refractivity contribution in [1.29, 1.82) is 0 Å². The van der Waals surface area contributed by atoms with Crippen molar-refractivity contribution in [3.8, 4) is 32.8 Å². The molecule has 3 heterocycles. The van der Waals surface area contributed by atoms with E-state index in [9.17, 15) is 0 Å². The average Bonchev–Trinajstić information content (AvgIpc) is 3.72. The Labute approximate surface area is 333 Å². The van der Waals surface area contributed by atoms with E-state index in [0.29, 0.717) is 33.0 Å². The molecule has 6 nitrogen and oxygen atoms in total. The minimum absolute atomic E-state index is 0.365. The van der Waals surface area contributed by atoms with Gasteiger partial charge in [0.1, 0.15) is 13.2 Å². The predicted octanol–water partition coefficient (Wildman–Crippen LogP) is 14.5. The van der Waals surface area contributed by atoms with Gasteiger partial charge in [0, 0.05) is 24.0 Å². The summed E-state index contributed by atoms with van der Waals surface area (Å²) in [5.74, 6) is 3.35. The summed E-state index contributed by atoms with van der Waals surface area (Å²) >= 11 is 3.37. The number of ether oxygens (including phenoxy) is 6. The van der Waals surface area contributed by atoms with E-state index in [1.807, 2.05) is 0 Å². The first-order valence-corrected chi connectivity index (χ1v) is 23.8. The third-order valence-corrected chi connectivity index (χ3v) is 12.3. The van der Waals surface area contributed by atoms with Crippen LogP contribution in [0.1, 0.15) is 182 Å². The predicted molar refractivity (Wildman–Crippen MR) is 227 cm³/mol. The first kappa shape index (κ1) is 45.9. The second-order valence-electron chi connectivity index (χ2n) is 15.5. The standard InChI is InChI=1S/C45H78O6S2/c1-5-9-13-17-21-25-29-46-35-45(36-47-30-26-22-18-14-10-6-2)37-50-40-34-53-44(42(40)51-38-45)43-41(49-32-28-24-20-16-12-8-4)39(33-52-43)48-31-27-23-19-15-11-7-3/h33-34H,5-32,35-38H2,1-4H3. The fraction of sp³-hybridized carbons (Fsp3) is 0.822. The van der Waals surface area contributed by atoms with Crippen LogP contribution in [0, 0.1) is 5.41 Å². The van der Waals surface area contributed by atoms with E-state index in [2.05, 4.69) is 38.5 Å². The summed E-state index contributed by atoms with van der Waals surface area (Å²) in [5, 5.41) is 4.23. The van der Waals surface area contributed by atoms with Crippen molar-refractivity contribution in [2.75, 3.05) is 52.9 Å². The Balaban J connectivity index is 1.67. The zero-order chi connectivity index (χ0) is 37.7. The van der Waals surface area contributed by atoms with Gasteiger partial charge in [0.15, 0.2) is 23.0 Å². The van der Waals surface area contributed by atoms with Crippen LogP contribution in [-0.2, 0) is 9.47 Å². The van der Waals surface area contributed by atoms with Gasteiger partial charge in [-0.2, -0.15) is 0 Å². The van der Waals surface area contributed by atoms with Crippen LogP contribution in [0.3, 0.4) is 0 Å². The summed E-state index contributed by atoms with van der Waals surface area (Å²) in [6.45, 7) is 14.2. The largest absolute Gasteiger partial charge is 0.489 e. The smallest absolute Gasteiger partial charge is 0.180 e. The van der Waals surface area contributed by atoms with Crippen molar-refractivity contribution in [3.63, 3.8) is 0 Å².